The number of likely N-dealkylation sites (tertiary alicyclic amines) is 1. The second-order valence-electron chi connectivity index (χ2n) is 7.08. The molecule has 1 aliphatic rings. The Kier molecular flexibility index (Phi) is 5.98. The van der Waals surface area contributed by atoms with Crippen molar-refractivity contribution in [3.8, 4) is 16.8 Å². The number of nitrogens with one attached hydrogen (secondary N) is 1. The van der Waals surface area contributed by atoms with Gasteiger partial charge >= 0.3 is 0 Å². The van der Waals surface area contributed by atoms with Gasteiger partial charge < -0.3 is 9.84 Å². The zero-order valence-electron chi connectivity index (χ0n) is 15.9. The van der Waals surface area contributed by atoms with E-state index in [-0.39, 0.29) is 11.8 Å². The van der Waals surface area contributed by atoms with Crippen molar-refractivity contribution in [3.63, 3.8) is 0 Å². The SMILES string of the molecule is N#CCc1ccc(NC(=O)C2CCCN(Cc3nc(-c4cccs4)no3)C2)cc1. The highest BCUT2D eigenvalue weighted by molar-refractivity contribution is 7.13. The second-order valence-corrected chi connectivity index (χ2v) is 8.03. The van der Waals surface area contributed by atoms with Gasteiger partial charge in [0.05, 0.1) is 29.8 Å². The maximum atomic E-state index is 12.7. The summed E-state index contributed by atoms with van der Waals surface area (Å²) < 4.78 is 5.39. The third kappa shape index (κ3) is 4.88. The number of benzene rings is 1. The van der Waals surface area contributed by atoms with Crippen LogP contribution in [0.5, 0.6) is 0 Å². The molecular formula is C21H21N5O2S. The Hall–Kier alpha value is -3.02. The molecule has 3 aromatic rings. The number of hydrogen-bond donors (Lipinski definition) is 1. The van der Waals surface area contributed by atoms with Gasteiger partial charge in [0, 0.05) is 12.2 Å². The number of carbonyl (C=O) groups is 1. The molecular weight excluding hydrogens is 386 g/mol. The molecule has 0 saturated carbocycles. The van der Waals surface area contributed by atoms with Crippen molar-refractivity contribution < 1.29 is 9.32 Å². The summed E-state index contributed by atoms with van der Waals surface area (Å²) in [5.74, 6) is 1.12. The minimum Gasteiger partial charge on any atom is -0.338 e. The molecule has 1 amide bonds. The van der Waals surface area contributed by atoms with E-state index < -0.39 is 0 Å². The number of carbonyl (C=O) groups excluding carboxylic acids is 1. The first kappa shape index (κ1) is 19.3. The first-order chi connectivity index (χ1) is 14.2. The highest BCUT2D eigenvalue weighted by Gasteiger charge is 2.27. The normalized spacial score (nSPS) is 17.0. The number of aromatic nitrogens is 2. The smallest absolute Gasteiger partial charge is 0.241 e. The summed E-state index contributed by atoms with van der Waals surface area (Å²) in [6.07, 6.45) is 2.18. The molecule has 4 rings (SSSR count). The quantitative estimate of drug-likeness (QED) is 0.669. The first-order valence-corrected chi connectivity index (χ1v) is 10.4. The van der Waals surface area contributed by atoms with Crippen LogP contribution in [0.4, 0.5) is 5.69 Å². The van der Waals surface area contributed by atoms with Gasteiger partial charge in [-0.3, -0.25) is 9.69 Å². The van der Waals surface area contributed by atoms with E-state index >= 15 is 0 Å². The molecule has 2 aromatic heterocycles. The topological polar surface area (TPSA) is 95.1 Å². The molecule has 1 aromatic carbocycles. The molecule has 1 saturated heterocycles. The van der Waals surface area contributed by atoms with Gasteiger partial charge in [0.25, 0.3) is 0 Å². The van der Waals surface area contributed by atoms with Crippen LogP contribution in [-0.4, -0.2) is 34.0 Å². The van der Waals surface area contributed by atoms with Crippen LogP contribution in [-0.2, 0) is 17.8 Å². The Bertz CT molecular complexity index is 991. The number of piperidine rings is 1. The summed E-state index contributed by atoms with van der Waals surface area (Å²) in [6, 6.07) is 13.5. The molecule has 0 radical (unpaired) electrons. The maximum Gasteiger partial charge on any atom is 0.241 e. The number of thiophene rings is 1. The van der Waals surface area contributed by atoms with Gasteiger partial charge in [-0.25, -0.2) is 0 Å². The van der Waals surface area contributed by atoms with Crippen molar-refractivity contribution >= 4 is 22.9 Å². The van der Waals surface area contributed by atoms with Crippen molar-refractivity contribution in [1.29, 1.82) is 5.26 Å². The first-order valence-electron chi connectivity index (χ1n) is 9.57. The molecule has 1 aliphatic heterocycles. The predicted molar refractivity (Wildman–Crippen MR) is 110 cm³/mol. The summed E-state index contributed by atoms with van der Waals surface area (Å²) in [6.45, 7) is 2.11. The third-order valence-electron chi connectivity index (χ3n) is 4.95. The number of hydrogen-bond acceptors (Lipinski definition) is 7. The molecule has 7 nitrogen and oxygen atoms in total. The summed E-state index contributed by atoms with van der Waals surface area (Å²) in [4.78, 5) is 20.3. The molecule has 0 aliphatic carbocycles. The third-order valence-corrected chi connectivity index (χ3v) is 5.82. The van der Waals surface area contributed by atoms with Gasteiger partial charge in [-0.05, 0) is 48.5 Å². The van der Waals surface area contributed by atoms with Crippen molar-refractivity contribution in [1.82, 2.24) is 15.0 Å². The largest absolute Gasteiger partial charge is 0.338 e. The van der Waals surface area contributed by atoms with Gasteiger partial charge in [-0.2, -0.15) is 10.2 Å². The van der Waals surface area contributed by atoms with Crippen LogP contribution in [0.1, 0.15) is 24.3 Å². The minimum absolute atomic E-state index is 0.0209. The number of amides is 1. The van der Waals surface area contributed by atoms with E-state index in [4.69, 9.17) is 9.78 Å². The molecule has 1 N–H and O–H groups in total. The van der Waals surface area contributed by atoms with Crippen molar-refractivity contribution in [3.05, 3.63) is 53.2 Å². The van der Waals surface area contributed by atoms with Crippen LogP contribution < -0.4 is 5.32 Å². The Balaban J connectivity index is 1.33. The minimum atomic E-state index is -0.0813. The van der Waals surface area contributed by atoms with Crippen LogP contribution in [0.15, 0.2) is 46.3 Å². The summed E-state index contributed by atoms with van der Waals surface area (Å²) in [7, 11) is 0. The Morgan fingerprint density at radius 3 is 2.97 bits per heavy atom. The van der Waals surface area contributed by atoms with Crippen LogP contribution in [0.3, 0.4) is 0 Å². The molecule has 0 bridgehead atoms. The molecule has 1 fully saturated rings. The average molecular weight is 407 g/mol. The zero-order chi connectivity index (χ0) is 20.1. The van der Waals surface area contributed by atoms with E-state index in [2.05, 4.69) is 26.4 Å². The number of rotatable bonds is 6. The molecule has 3 heterocycles. The van der Waals surface area contributed by atoms with Crippen LogP contribution in [0.2, 0.25) is 0 Å². The van der Waals surface area contributed by atoms with Crippen molar-refractivity contribution in [2.24, 2.45) is 5.92 Å². The lowest BCUT2D eigenvalue weighted by atomic mass is 9.97. The molecule has 8 heteroatoms. The summed E-state index contributed by atoms with van der Waals surface area (Å²) in [5, 5.41) is 17.8. The van der Waals surface area contributed by atoms with E-state index in [9.17, 15) is 4.79 Å². The second kappa shape index (κ2) is 8.99. The van der Waals surface area contributed by atoms with Gasteiger partial charge in [0.1, 0.15) is 0 Å². The Morgan fingerprint density at radius 2 is 2.21 bits per heavy atom. The molecule has 1 atom stereocenters. The number of nitriles is 1. The molecule has 0 spiro atoms. The molecule has 29 heavy (non-hydrogen) atoms. The van der Waals surface area contributed by atoms with E-state index in [1.807, 2.05) is 41.8 Å². The van der Waals surface area contributed by atoms with Crippen molar-refractivity contribution in [2.75, 3.05) is 18.4 Å². The van der Waals surface area contributed by atoms with Crippen LogP contribution in [0.25, 0.3) is 10.7 Å². The monoisotopic (exact) mass is 407 g/mol. The van der Waals surface area contributed by atoms with E-state index in [1.54, 1.807) is 11.3 Å². The van der Waals surface area contributed by atoms with Gasteiger partial charge in [-0.15, -0.1) is 11.3 Å². The van der Waals surface area contributed by atoms with Crippen LogP contribution >= 0.6 is 11.3 Å². The lowest BCUT2D eigenvalue weighted by Crippen LogP contribution is -2.40. The maximum absolute atomic E-state index is 12.7. The summed E-state index contributed by atoms with van der Waals surface area (Å²) >= 11 is 1.58. The number of nitrogens with zero attached hydrogens (tertiary/aromatic N) is 4. The number of anilines is 1. The Labute approximate surface area is 173 Å². The summed E-state index contributed by atoms with van der Waals surface area (Å²) in [5.41, 5.74) is 1.70. The highest BCUT2D eigenvalue weighted by atomic mass is 32.1. The lowest BCUT2D eigenvalue weighted by molar-refractivity contribution is -0.121. The molecule has 1 unspecified atom stereocenters. The average Bonchev–Trinajstić information content (AvgIpc) is 3.42. The van der Waals surface area contributed by atoms with Gasteiger partial charge in [-0.1, -0.05) is 23.4 Å². The fourth-order valence-corrected chi connectivity index (χ4v) is 4.12. The Morgan fingerprint density at radius 1 is 1.34 bits per heavy atom. The fourth-order valence-electron chi connectivity index (χ4n) is 3.47. The zero-order valence-corrected chi connectivity index (χ0v) is 16.7. The van der Waals surface area contributed by atoms with E-state index in [0.717, 1.165) is 35.5 Å². The van der Waals surface area contributed by atoms with E-state index in [0.29, 0.717) is 31.2 Å². The van der Waals surface area contributed by atoms with Crippen LogP contribution in [0, 0.1) is 17.2 Å². The predicted octanol–water partition coefficient (Wildman–Crippen LogP) is 3.71. The molecule has 148 valence electrons. The van der Waals surface area contributed by atoms with Gasteiger partial charge in [0.15, 0.2) is 0 Å². The standard InChI is InChI=1S/C21H21N5O2S/c22-10-9-15-5-7-17(8-6-15)23-21(27)16-3-1-11-26(13-16)14-19-24-20(25-28-19)18-4-2-12-29-18/h2,4-8,12,16H,1,3,9,11,13-14H2,(H,23,27). The van der Waals surface area contributed by atoms with Crippen molar-refractivity contribution in [2.45, 2.75) is 25.8 Å². The fraction of sp³-hybridized carbons (Fsp3) is 0.333. The highest BCUT2D eigenvalue weighted by Crippen LogP contribution is 2.23. The lowest BCUT2D eigenvalue weighted by Gasteiger charge is -2.30. The van der Waals surface area contributed by atoms with E-state index in [1.165, 1.54) is 0 Å². The van der Waals surface area contributed by atoms with Gasteiger partial charge in [0.2, 0.25) is 17.6 Å².